The van der Waals surface area contributed by atoms with Gasteiger partial charge in [-0.2, -0.15) is 0 Å². The highest BCUT2D eigenvalue weighted by molar-refractivity contribution is 6.06. The molecule has 1 aromatic rings. The van der Waals surface area contributed by atoms with Gasteiger partial charge >= 0.3 is 5.97 Å². The van der Waals surface area contributed by atoms with E-state index in [0.29, 0.717) is 0 Å². The summed E-state index contributed by atoms with van der Waals surface area (Å²) in [5.41, 5.74) is -0.00766. The maximum atomic E-state index is 12.7. The predicted octanol–water partition coefficient (Wildman–Crippen LogP) is 2.52. The van der Waals surface area contributed by atoms with Crippen LogP contribution in [0.5, 0.6) is 0 Å². The van der Waals surface area contributed by atoms with E-state index in [1.807, 2.05) is 30.3 Å². The summed E-state index contributed by atoms with van der Waals surface area (Å²) in [6, 6.07) is 9.24. The first-order chi connectivity index (χ1) is 9.86. The molecule has 0 heterocycles. The van der Waals surface area contributed by atoms with Crippen LogP contribution in [-0.2, 0) is 19.1 Å². The van der Waals surface area contributed by atoms with E-state index in [9.17, 15) is 14.4 Å². The van der Waals surface area contributed by atoms with E-state index in [4.69, 9.17) is 4.74 Å². The van der Waals surface area contributed by atoms with Crippen molar-refractivity contribution >= 4 is 17.5 Å². The molecule has 0 radical (unpaired) electrons. The van der Waals surface area contributed by atoms with E-state index in [1.54, 1.807) is 13.8 Å². The number of benzene rings is 1. The molecular weight excluding hydrogens is 268 g/mol. The molecule has 1 aromatic carbocycles. The smallest absolute Gasteiger partial charge is 0.316 e. The first kappa shape index (κ1) is 15.4. The number of Topliss-reactive ketones (excluding diaryl/α,β-unsaturated/α-hetero) is 2. The number of rotatable bonds is 2. The number of ketones is 2. The number of hydrogen-bond donors (Lipinski definition) is 0. The van der Waals surface area contributed by atoms with Gasteiger partial charge in [-0.15, -0.1) is 0 Å². The minimum Gasteiger partial charge on any atom is -0.468 e. The normalized spacial score (nSPS) is 25.3. The maximum absolute atomic E-state index is 12.7. The second-order valence-corrected chi connectivity index (χ2v) is 6.19. The lowest BCUT2D eigenvalue weighted by Gasteiger charge is -2.26. The first-order valence-electron chi connectivity index (χ1n) is 7.05. The van der Waals surface area contributed by atoms with Crippen LogP contribution >= 0.6 is 0 Å². The van der Waals surface area contributed by atoms with Gasteiger partial charge in [0.15, 0.2) is 5.78 Å². The van der Waals surface area contributed by atoms with Crippen LogP contribution in [0.25, 0.3) is 0 Å². The lowest BCUT2D eigenvalue weighted by molar-refractivity contribution is -0.152. The van der Waals surface area contributed by atoms with Gasteiger partial charge in [0, 0.05) is 24.2 Å². The molecule has 4 nitrogen and oxygen atoms in total. The molecule has 0 aliphatic heterocycles. The summed E-state index contributed by atoms with van der Waals surface area (Å²) in [6.45, 7) is 3.44. The molecule has 0 spiro atoms. The van der Waals surface area contributed by atoms with Gasteiger partial charge < -0.3 is 4.74 Å². The molecule has 0 N–H and O–H groups in total. The Morgan fingerprint density at radius 2 is 1.81 bits per heavy atom. The molecule has 1 saturated carbocycles. The Kier molecular flexibility index (Phi) is 4.26. The van der Waals surface area contributed by atoms with Gasteiger partial charge in [0.1, 0.15) is 11.7 Å². The maximum Gasteiger partial charge on any atom is 0.316 e. The van der Waals surface area contributed by atoms with Crippen molar-refractivity contribution in [1.82, 2.24) is 0 Å². The number of carbonyl (C=O) groups excluding carboxylic acids is 3. The molecule has 112 valence electrons. The van der Waals surface area contributed by atoms with E-state index in [0.717, 1.165) is 5.56 Å². The molecular formula is C17H20O4. The third-order valence-corrected chi connectivity index (χ3v) is 4.12. The topological polar surface area (TPSA) is 60.4 Å². The van der Waals surface area contributed by atoms with Crippen LogP contribution in [0.2, 0.25) is 0 Å². The fraction of sp³-hybridized carbons (Fsp3) is 0.471. The minimum absolute atomic E-state index is 0.00797. The Bertz CT molecular complexity index is 559. The Balaban J connectivity index is 2.51. The number of methoxy groups -OCH3 is 1. The minimum atomic E-state index is -0.918. The third-order valence-electron chi connectivity index (χ3n) is 4.12. The van der Waals surface area contributed by atoms with Crippen molar-refractivity contribution in [3.8, 4) is 0 Å². The summed E-state index contributed by atoms with van der Waals surface area (Å²) in [6.07, 6.45) is 0.363. The van der Waals surface area contributed by atoms with Crippen LogP contribution in [0, 0.1) is 11.3 Å². The van der Waals surface area contributed by atoms with Crippen LogP contribution in [0.4, 0.5) is 0 Å². The highest BCUT2D eigenvalue weighted by atomic mass is 16.5. The average molecular weight is 288 g/mol. The first-order valence-corrected chi connectivity index (χ1v) is 7.05. The summed E-state index contributed by atoms with van der Waals surface area (Å²) < 4.78 is 4.82. The molecule has 0 bridgehead atoms. The summed E-state index contributed by atoms with van der Waals surface area (Å²) in [5, 5.41) is 0. The summed E-state index contributed by atoms with van der Waals surface area (Å²) in [7, 11) is 1.28. The quantitative estimate of drug-likeness (QED) is 0.476. The Hall–Kier alpha value is -1.97. The molecule has 21 heavy (non-hydrogen) atoms. The van der Waals surface area contributed by atoms with Crippen molar-refractivity contribution in [3.05, 3.63) is 35.9 Å². The standard InChI is InChI=1S/C17H20O4/c1-17(2)10-12(18)9-13(11-7-5-4-6-8-11)14(15(17)19)16(20)21-3/h4-8,13-14H,9-10H2,1-3H3/t13-,14-/m1/s1. The molecule has 0 saturated heterocycles. The molecule has 1 aliphatic carbocycles. The second kappa shape index (κ2) is 5.80. The molecule has 1 aliphatic rings. The van der Waals surface area contributed by atoms with E-state index >= 15 is 0 Å². The van der Waals surface area contributed by atoms with Gasteiger partial charge in [0.2, 0.25) is 0 Å². The molecule has 0 unspecified atom stereocenters. The molecule has 4 heteroatoms. The molecule has 1 fully saturated rings. The zero-order valence-electron chi connectivity index (χ0n) is 12.6. The average Bonchev–Trinajstić information content (AvgIpc) is 2.54. The molecule has 2 atom stereocenters. The number of ether oxygens (including phenoxy) is 1. The van der Waals surface area contributed by atoms with Crippen LogP contribution in [0.3, 0.4) is 0 Å². The van der Waals surface area contributed by atoms with Crippen LogP contribution < -0.4 is 0 Å². The van der Waals surface area contributed by atoms with Crippen molar-refractivity contribution in [2.45, 2.75) is 32.6 Å². The SMILES string of the molecule is COC(=O)[C@H]1C(=O)C(C)(C)CC(=O)C[C@@H]1c1ccccc1. The fourth-order valence-electron chi connectivity index (χ4n) is 3.03. The van der Waals surface area contributed by atoms with Crippen molar-refractivity contribution < 1.29 is 19.1 Å². The highest BCUT2D eigenvalue weighted by Crippen LogP contribution is 2.40. The van der Waals surface area contributed by atoms with E-state index in [-0.39, 0.29) is 24.4 Å². The summed E-state index contributed by atoms with van der Waals surface area (Å²) in [4.78, 5) is 37.1. The highest BCUT2D eigenvalue weighted by Gasteiger charge is 2.47. The predicted molar refractivity (Wildman–Crippen MR) is 77.7 cm³/mol. The van der Waals surface area contributed by atoms with Crippen molar-refractivity contribution in [1.29, 1.82) is 0 Å². The van der Waals surface area contributed by atoms with Gasteiger partial charge in [-0.25, -0.2) is 0 Å². The number of carbonyl (C=O) groups is 3. The molecule has 2 rings (SSSR count). The summed E-state index contributed by atoms with van der Waals surface area (Å²) in [5.74, 6) is -2.13. The largest absolute Gasteiger partial charge is 0.468 e. The van der Waals surface area contributed by atoms with Gasteiger partial charge in [-0.05, 0) is 5.56 Å². The van der Waals surface area contributed by atoms with Gasteiger partial charge in [-0.1, -0.05) is 44.2 Å². The van der Waals surface area contributed by atoms with Gasteiger partial charge in [0.25, 0.3) is 0 Å². The zero-order valence-corrected chi connectivity index (χ0v) is 12.6. The fourth-order valence-corrected chi connectivity index (χ4v) is 3.03. The number of hydrogen-bond acceptors (Lipinski definition) is 4. The Morgan fingerprint density at radius 1 is 1.19 bits per heavy atom. The van der Waals surface area contributed by atoms with Crippen molar-refractivity contribution in [3.63, 3.8) is 0 Å². The third kappa shape index (κ3) is 3.04. The Labute approximate surface area is 124 Å². The van der Waals surface area contributed by atoms with Crippen molar-refractivity contribution in [2.24, 2.45) is 11.3 Å². The molecule has 0 aromatic heterocycles. The van der Waals surface area contributed by atoms with Crippen LogP contribution in [0.15, 0.2) is 30.3 Å². The van der Waals surface area contributed by atoms with E-state index in [2.05, 4.69) is 0 Å². The van der Waals surface area contributed by atoms with E-state index in [1.165, 1.54) is 7.11 Å². The summed E-state index contributed by atoms with van der Waals surface area (Å²) >= 11 is 0. The molecule has 0 amide bonds. The number of esters is 1. The Morgan fingerprint density at radius 3 is 2.38 bits per heavy atom. The lowest BCUT2D eigenvalue weighted by atomic mass is 9.75. The van der Waals surface area contributed by atoms with E-state index < -0.39 is 23.2 Å². The van der Waals surface area contributed by atoms with Crippen molar-refractivity contribution in [2.75, 3.05) is 7.11 Å². The monoisotopic (exact) mass is 288 g/mol. The van der Waals surface area contributed by atoms with Crippen LogP contribution in [0.1, 0.15) is 38.2 Å². The zero-order chi connectivity index (χ0) is 15.6. The van der Waals surface area contributed by atoms with Crippen LogP contribution in [-0.4, -0.2) is 24.6 Å². The van der Waals surface area contributed by atoms with Gasteiger partial charge in [-0.3, -0.25) is 14.4 Å². The second-order valence-electron chi connectivity index (χ2n) is 6.19. The van der Waals surface area contributed by atoms with Gasteiger partial charge in [0.05, 0.1) is 7.11 Å². The lowest BCUT2D eigenvalue weighted by Crippen LogP contribution is -2.37.